The number of esters is 3. The summed E-state index contributed by atoms with van der Waals surface area (Å²) in [7, 11) is 0. The molecule has 0 aromatic carbocycles. The molecule has 1 aromatic heterocycles. The quantitative estimate of drug-likeness (QED) is 0.579. The van der Waals surface area contributed by atoms with Gasteiger partial charge in [0.2, 0.25) is 0 Å². The summed E-state index contributed by atoms with van der Waals surface area (Å²) in [4.78, 5) is 38.2. The number of hydrogen-bond donors (Lipinski definition) is 0. The molecule has 0 saturated heterocycles. The maximum atomic E-state index is 11.7. The van der Waals surface area contributed by atoms with Crippen LogP contribution < -0.4 is 0 Å². The molecule has 0 amide bonds. The predicted molar refractivity (Wildman–Crippen MR) is 83.1 cm³/mol. The zero-order valence-corrected chi connectivity index (χ0v) is 14.3. The fourth-order valence-electron chi connectivity index (χ4n) is 2.01. The van der Waals surface area contributed by atoms with Crippen molar-refractivity contribution in [3.05, 3.63) is 22.2 Å². The summed E-state index contributed by atoms with van der Waals surface area (Å²) in [5, 5.41) is 1.99. The van der Waals surface area contributed by atoms with E-state index in [1.54, 1.807) is 12.3 Å². The first-order valence-electron chi connectivity index (χ1n) is 7.22. The van der Waals surface area contributed by atoms with Crippen LogP contribution in [0.2, 0.25) is 0 Å². The molecule has 0 bridgehead atoms. The minimum Gasteiger partial charge on any atom is -0.487 e. The number of carbonyl (C=O) groups excluding carboxylic acids is 3. The lowest BCUT2D eigenvalue weighted by Crippen LogP contribution is -2.39. The Morgan fingerprint density at radius 2 is 2.00 bits per heavy atom. The largest absolute Gasteiger partial charge is 0.487 e. The van der Waals surface area contributed by atoms with Gasteiger partial charge in [-0.1, -0.05) is 0 Å². The van der Waals surface area contributed by atoms with Crippen LogP contribution in [-0.4, -0.2) is 48.3 Å². The first kappa shape index (κ1) is 17.9. The zero-order valence-electron chi connectivity index (χ0n) is 13.4. The van der Waals surface area contributed by atoms with Gasteiger partial charge in [-0.05, 0) is 6.92 Å². The third kappa shape index (κ3) is 4.54. The second-order valence-corrected chi connectivity index (χ2v) is 5.68. The number of ether oxygens (including phenoxy) is 4. The van der Waals surface area contributed by atoms with Crippen molar-refractivity contribution in [2.24, 2.45) is 0 Å². The molecule has 0 unspecified atom stereocenters. The molecule has 9 heteroatoms. The Bertz CT molecular complexity index is 667. The highest BCUT2D eigenvalue weighted by molar-refractivity contribution is 7.10. The van der Waals surface area contributed by atoms with E-state index in [0.29, 0.717) is 10.8 Å². The molecule has 0 aliphatic carbocycles. The summed E-state index contributed by atoms with van der Waals surface area (Å²) in [5.74, 6) is -1.19. The Morgan fingerprint density at radius 1 is 1.29 bits per heavy atom. The lowest BCUT2D eigenvalue weighted by Gasteiger charge is -2.28. The van der Waals surface area contributed by atoms with Crippen LogP contribution in [0.25, 0.3) is 5.76 Å². The second-order valence-electron chi connectivity index (χ2n) is 4.82. The topological polar surface area (TPSA) is 101 Å². The van der Waals surface area contributed by atoms with Gasteiger partial charge in [-0.2, -0.15) is 0 Å². The smallest absolute Gasteiger partial charge is 0.357 e. The molecule has 1 aliphatic rings. The fraction of sp³-hybridized carbons (Fsp3) is 0.467. The second kappa shape index (κ2) is 7.91. The first-order chi connectivity index (χ1) is 11.4. The van der Waals surface area contributed by atoms with Gasteiger partial charge in [0.15, 0.2) is 28.7 Å². The summed E-state index contributed by atoms with van der Waals surface area (Å²) in [5.41, 5.74) is 0.174. The molecule has 1 aliphatic heterocycles. The van der Waals surface area contributed by atoms with Crippen LogP contribution in [0.5, 0.6) is 0 Å². The molecule has 1 aromatic rings. The van der Waals surface area contributed by atoms with Crippen molar-refractivity contribution in [2.45, 2.75) is 33.0 Å². The third-order valence-electron chi connectivity index (χ3n) is 2.90. The lowest BCUT2D eigenvalue weighted by molar-refractivity contribution is -0.165. The lowest BCUT2D eigenvalue weighted by atomic mass is 10.1. The zero-order chi connectivity index (χ0) is 17.7. The van der Waals surface area contributed by atoms with E-state index in [4.69, 9.17) is 18.9 Å². The number of rotatable bonds is 5. The van der Waals surface area contributed by atoms with Crippen LogP contribution in [-0.2, 0) is 28.5 Å². The molecule has 2 atom stereocenters. The molecule has 0 N–H and O–H groups in total. The first-order valence-corrected chi connectivity index (χ1v) is 8.10. The average Bonchev–Trinajstić information content (AvgIpc) is 2.98. The van der Waals surface area contributed by atoms with Gasteiger partial charge in [0.1, 0.15) is 6.61 Å². The SMILES string of the molecule is CCOC(=O)c1csc(C2=C[C@H](OC(C)=O)[C@H](OC(C)=O)CO2)n1. The van der Waals surface area contributed by atoms with E-state index in [9.17, 15) is 14.4 Å². The van der Waals surface area contributed by atoms with Gasteiger partial charge in [0.05, 0.1) is 6.61 Å². The standard InChI is InChI=1S/C15H17NO7S/c1-4-20-15(19)10-7-24-14(16-10)12-5-11(22-8(2)17)13(6-21-12)23-9(3)18/h5,7,11,13H,4,6H2,1-3H3/t11-,13+/m0/s1. The molecular weight excluding hydrogens is 338 g/mol. The summed E-state index contributed by atoms with van der Waals surface area (Å²) in [6, 6.07) is 0. The van der Waals surface area contributed by atoms with E-state index in [2.05, 4.69) is 4.98 Å². The van der Waals surface area contributed by atoms with Crippen LogP contribution in [0.15, 0.2) is 11.5 Å². The van der Waals surface area contributed by atoms with Crippen molar-refractivity contribution in [3.8, 4) is 0 Å². The highest BCUT2D eigenvalue weighted by Crippen LogP contribution is 2.27. The van der Waals surface area contributed by atoms with Crippen LogP contribution in [0, 0.1) is 0 Å². The normalized spacial score (nSPS) is 19.7. The van der Waals surface area contributed by atoms with E-state index >= 15 is 0 Å². The molecule has 0 radical (unpaired) electrons. The predicted octanol–water partition coefficient (Wildman–Crippen LogP) is 1.55. The van der Waals surface area contributed by atoms with Gasteiger partial charge in [-0.15, -0.1) is 11.3 Å². The van der Waals surface area contributed by atoms with Crippen molar-refractivity contribution in [1.29, 1.82) is 0 Å². The number of carbonyl (C=O) groups is 3. The van der Waals surface area contributed by atoms with E-state index in [-0.39, 0.29) is 18.9 Å². The van der Waals surface area contributed by atoms with Gasteiger partial charge in [-0.3, -0.25) is 9.59 Å². The molecular formula is C15H17NO7S. The maximum Gasteiger partial charge on any atom is 0.357 e. The molecule has 0 spiro atoms. The van der Waals surface area contributed by atoms with Crippen LogP contribution in [0.4, 0.5) is 0 Å². The fourth-order valence-corrected chi connectivity index (χ4v) is 2.77. The van der Waals surface area contributed by atoms with Crippen LogP contribution in [0.3, 0.4) is 0 Å². The Balaban J connectivity index is 2.20. The van der Waals surface area contributed by atoms with E-state index in [1.165, 1.54) is 31.3 Å². The highest BCUT2D eigenvalue weighted by atomic mass is 32.1. The Kier molecular flexibility index (Phi) is 5.91. The third-order valence-corrected chi connectivity index (χ3v) is 3.76. The van der Waals surface area contributed by atoms with Crippen molar-refractivity contribution >= 4 is 35.0 Å². The molecule has 24 heavy (non-hydrogen) atoms. The van der Waals surface area contributed by atoms with Crippen LogP contribution >= 0.6 is 11.3 Å². The molecule has 8 nitrogen and oxygen atoms in total. The van der Waals surface area contributed by atoms with E-state index in [1.807, 2.05) is 0 Å². The van der Waals surface area contributed by atoms with Gasteiger partial charge in [-0.25, -0.2) is 9.78 Å². The number of aromatic nitrogens is 1. The Morgan fingerprint density at radius 3 is 2.62 bits per heavy atom. The summed E-state index contributed by atoms with van der Waals surface area (Å²) < 4.78 is 20.7. The number of nitrogens with zero attached hydrogens (tertiary/aromatic N) is 1. The van der Waals surface area contributed by atoms with Gasteiger partial charge >= 0.3 is 17.9 Å². The minimum absolute atomic E-state index is 0.0116. The molecule has 130 valence electrons. The summed E-state index contributed by atoms with van der Waals surface area (Å²) in [6.07, 6.45) is -0.0172. The van der Waals surface area contributed by atoms with Crippen molar-refractivity contribution < 1.29 is 33.3 Å². The van der Waals surface area contributed by atoms with Crippen molar-refractivity contribution in [1.82, 2.24) is 4.98 Å². The molecule has 2 rings (SSSR count). The van der Waals surface area contributed by atoms with Gasteiger partial charge in [0, 0.05) is 25.3 Å². The monoisotopic (exact) mass is 355 g/mol. The summed E-state index contributed by atoms with van der Waals surface area (Å²) >= 11 is 1.19. The maximum absolute atomic E-state index is 11.7. The van der Waals surface area contributed by atoms with Crippen molar-refractivity contribution in [2.75, 3.05) is 13.2 Å². The van der Waals surface area contributed by atoms with Crippen molar-refractivity contribution in [3.63, 3.8) is 0 Å². The van der Waals surface area contributed by atoms with E-state index in [0.717, 1.165) is 0 Å². The van der Waals surface area contributed by atoms with Gasteiger partial charge < -0.3 is 18.9 Å². The molecule has 0 saturated carbocycles. The number of hydrogen-bond acceptors (Lipinski definition) is 9. The highest BCUT2D eigenvalue weighted by Gasteiger charge is 2.32. The van der Waals surface area contributed by atoms with Gasteiger partial charge in [0.25, 0.3) is 0 Å². The summed E-state index contributed by atoms with van der Waals surface area (Å²) in [6.45, 7) is 4.49. The molecule has 2 heterocycles. The Labute approximate surface area is 142 Å². The van der Waals surface area contributed by atoms with E-state index < -0.39 is 30.1 Å². The molecule has 0 fully saturated rings. The number of thiazole rings is 1. The Hall–Kier alpha value is -2.42. The van der Waals surface area contributed by atoms with Crippen LogP contribution in [0.1, 0.15) is 36.3 Å². The minimum atomic E-state index is -0.787. The average molecular weight is 355 g/mol.